The van der Waals surface area contributed by atoms with Gasteiger partial charge in [0.1, 0.15) is 5.75 Å². The van der Waals surface area contributed by atoms with Gasteiger partial charge >= 0.3 is 0 Å². The van der Waals surface area contributed by atoms with Crippen molar-refractivity contribution in [3.63, 3.8) is 0 Å². The molecule has 0 saturated heterocycles. The number of carbonyl (C=O) groups excluding carboxylic acids is 1. The number of phenols is 1. The molecule has 21 heavy (non-hydrogen) atoms. The SMILES string of the molecule is Nc1ccc2c(c1)CN(C(=O)c1ccc(I)c(O)c1)CC2. The van der Waals surface area contributed by atoms with Gasteiger partial charge in [0.2, 0.25) is 0 Å². The average molecular weight is 394 g/mol. The molecule has 5 heteroatoms. The number of benzene rings is 2. The van der Waals surface area contributed by atoms with E-state index in [1.54, 1.807) is 17.0 Å². The molecule has 1 aliphatic heterocycles. The molecule has 0 aliphatic carbocycles. The van der Waals surface area contributed by atoms with E-state index in [9.17, 15) is 9.90 Å². The van der Waals surface area contributed by atoms with Crippen LogP contribution in [0.2, 0.25) is 0 Å². The predicted octanol–water partition coefficient (Wildman–Crippen LogP) is 2.78. The molecule has 0 saturated carbocycles. The number of hydrogen-bond donors (Lipinski definition) is 2. The van der Waals surface area contributed by atoms with Crippen molar-refractivity contribution in [2.75, 3.05) is 12.3 Å². The molecule has 108 valence electrons. The number of phenolic OH excluding ortho intramolecular Hbond substituents is 1. The maximum absolute atomic E-state index is 12.5. The summed E-state index contributed by atoms with van der Waals surface area (Å²) in [6, 6.07) is 10.9. The number of nitrogens with zero attached hydrogens (tertiary/aromatic N) is 1. The molecule has 2 aromatic rings. The molecule has 0 fully saturated rings. The zero-order valence-corrected chi connectivity index (χ0v) is 13.5. The van der Waals surface area contributed by atoms with Gasteiger partial charge < -0.3 is 15.7 Å². The van der Waals surface area contributed by atoms with Gasteiger partial charge in [-0.15, -0.1) is 0 Å². The topological polar surface area (TPSA) is 66.6 Å². The average Bonchev–Trinajstić information content (AvgIpc) is 2.48. The number of aromatic hydroxyl groups is 1. The van der Waals surface area contributed by atoms with Gasteiger partial charge in [-0.05, 0) is 70.5 Å². The third-order valence-corrected chi connectivity index (χ3v) is 4.64. The van der Waals surface area contributed by atoms with Crippen molar-refractivity contribution in [2.45, 2.75) is 13.0 Å². The number of anilines is 1. The molecular formula is C16H15IN2O2. The molecule has 2 aromatic carbocycles. The lowest BCUT2D eigenvalue weighted by Crippen LogP contribution is -2.36. The molecule has 0 aromatic heterocycles. The van der Waals surface area contributed by atoms with E-state index in [1.165, 1.54) is 11.6 Å². The van der Waals surface area contributed by atoms with Crippen LogP contribution in [0.1, 0.15) is 21.5 Å². The van der Waals surface area contributed by atoms with Gasteiger partial charge in [-0.2, -0.15) is 0 Å². The fourth-order valence-electron chi connectivity index (χ4n) is 2.58. The summed E-state index contributed by atoms with van der Waals surface area (Å²) in [5, 5.41) is 9.75. The van der Waals surface area contributed by atoms with Crippen LogP contribution in [0.15, 0.2) is 36.4 Å². The Morgan fingerprint density at radius 2 is 2.00 bits per heavy atom. The Kier molecular flexibility index (Phi) is 3.75. The molecule has 0 spiro atoms. The van der Waals surface area contributed by atoms with Crippen LogP contribution in [-0.2, 0) is 13.0 Å². The molecule has 0 radical (unpaired) electrons. The van der Waals surface area contributed by atoms with Crippen LogP contribution >= 0.6 is 22.6 Å². The van der Waals surface area contributed by atoms with Crippen molar-refractivity contribution in [1.29, 1.82) is 0 Å². The van der Waals surface area contributed by atoms with E-state index in [0.29, 0.717) is 18.7 Å². The predicted molar refractivity (Wildman–Crippen MR) is 90.1 cm³/mol. The summed E-state index contributed by atoms with van der Waals surface area (Å²) in [7, 11) is 0. The standard InChI is InChI=1S/C16H15IN2O2/c17-14-4-2-11(8-15(14)20)16(21)19-6-5-10-1-3-13(18)7-12(10)9-19/h1-4,7-8,20H,5-6,9,18H2. The van der Waals surface area contributed by atoms with Crippen molar-refractivity contribution >= 4 is 34.2 Å². The first-order chi connectivity index (χ1) is 10.0. The summed E-state index contributed by atoms with van der Waals surface area (Å²) >= 11 is 2.03. The summed E-state index contributed by atoms with van der Waals surface area (Å²) < 4.78 is 0.737. The highest BCUT2D eigenvalue weighted by Gasteiger charge is 2.22. The number of nitrogen functional groups attached to an aromatic ring is 1. The summed E-state index contributed by atoms with van der Waals surface area (Å²) in [5.41, 5.74) is 9.40. The van der Waals surface area contributed by atoms with E-state index >= 15 is 0 Å². The number of hydrogen-bond acceptors (Lipinski definition) is 3. The second kappa shape index (κ2) is 5.55. The zero-order chi connectivity index (χ0) is 15.0. The normalized spacial score (nSPS) is 13.9. The molecule has 4 nitrogen and oxygen atoms in total. The minimum atomic E-state index is -0.0604. The first-order valence-corrected chi connectivity index (χ1v) is 7.77. The van der Waals surface area contributed by atoms with Gasteiger partial charge in [0.25, 0.3) is 5.91 Å². The molecule has 1 amide bonds. The highest BCUT2D eigenvalue weighted by molar-refractivity contribution is 14.1. The number of rotatable bonds is 1. The Hall–Kier alpha value is -1.76. The van der Waals surface area contributed by atoms with Crippen LogP contribution in [0.5, 0.6) is 5.75 Å². The van der Waals surface area contributed by atoms with Gasteiger partial charge in [-0.1, -0.05) is 6.07 Å². The Bertz CT molecular complexity index is 715. The molecule has 0 bridgehead atoms. The van der Waals surface area contributed by atoms with Gasteiger partial charge in [0.05, 0.1) is 3.57 Å². The van der Waals surface area contributed by atoms with Gasteiger partial charge in [-0.25, -0.2) is 0 Å². The molecule has 0 atom stereocenters. The van der Waals surface area contributed by atoms with Gasteiger partial charge in [-0.3, -0.25) is 4.79 Å². The largest absolute Gasteiger partial charge is 0.507 e. The summed E-state index contributed by atoms with van der Waals surface area (Å²) in [5.74, 6) is 0.0814. The van der Waals surface area contributed by atoms with Crippen LogP contribution in [0.25, 0.3) is 0 Å². The maximum atomic E-state index is 12.5. The Morgan fingerprint density at radius 3 is 2.76 bits per heavy atom. The number of amides is 1. The lowest BCUT2D eigenvalue weighted by molar-refractivity contribution is 0.0734. The fourth-order valence-corrected chi connectivity index (χ4v) is 2.91. The van der Waals surface area contributed by atoms with E-state index in [1.807, 2.05) is 40.8 Å². The zero-order valence-electron chi connectivity index (χ0n) is 11.3. The highest BCUT2D eigenvalue weighted by Crippen LogP contribution is 2.25. The van der Waals surface area contributed by atoms with Crippen molar-refractivity contribution in [3.05, 3.63) is 56.7 Å². The van der Waals surface area contributed by atoms with Crippen molar-refractivity contribution in [1.82, 2.24) is 4.90 Å². The number of halogens is 1. The monoisotopic (exact) mass is 394 g/mol. The Balaban J connectivity index is 1.85. The molecule has 1 aliphatic rings. The summed E-state index contributed by atoms with van der Waals surface area (Å²) in [6.45, 7) is 1.24. The van der Waals surface area contributed by atoms with E-state index in [0.717, 1.165) is 21.2 Å². The quantitative estimate of drug-likeness (QED) is 0.578. The van der Waals surface area contributed by atoms with E-state index in [4.69, 9.17) is 5.73 Å². The minimum Gasteiger partial charge on any atom is -0.507 e. The second-order valence-corrected chi connectivity index (χ2v) is 6.33. The van der Waals surface area contributed by atoms with Crippen LogP contribution < -0.4 is 5.73 Å². The second-order valence-electron chi connectivity index (χ2n) is 5.17. The summed E-state index contributed by atoms with van der Waals surface area (Å²) in [4.78, 5) is 14.3. The Morgan fingerprint density at radius 1 is 1.19 bits per heavy atom. The van der Waals surface area contributed by atoms with E-state index < -0.39 is 0 Å². The highest BCUT2D eigenvalue weighted by atomic mass is 127. The van der Waals surface area contributed by atoms with Crippen molar-refractivity contribution in [2.24, 2.45) is 0 Å². The number of nitrogens with two attached hydrogens (primary N) is 1. The molecule has 3 rings (SSSR count). The number of carbonyl (C=O) groups is 1. The third-order valence-electron chi connectivity index (χ3n) is 3.72. The van der Waals surface area contributed by atoms with Gasteiger partial charge in [0.15, 0.2) is 0 Å². The molecule has 1 heterocycles. The van der Waals surface area contributed by atoms with Gasteiger partial charge in [0, 0.05) is 24.3 Å². The van der Waals surface area contributed by atoms with Crippen LogP contribution in [0, 0.1) is 3.57 Å². The minimum absolute atomic E-state index is 0.0604. The number of fused-ring (bicyclic) bond motifs is 1. The maximum Gasteiger partial charge on any atom is 0.254 e. The fraction of sp³-hybridized carbons (Fsp3) is 0.188. The van der Waals surface area contributed by atoms with Crippen LogP contribution in [0.3, 0.4) is 0 Å². The van der Waals surface area contributed by atoms with Crippen molar-refractivity contribution < 1.29 is 9.90 Å². The first-order valence-electron chi connectivity index (χ1n) is 6.69. The smallest absolute Gasteiger partial charge is 0.254 e. The summed E-state index contributed by atoms with van der Waals surface area (Å²) in [6.07, 6.45) is 0.831. The van der Waals surface area contributed by atoms with Crippen molar-refractivity contribution in [3.8, 4) is 5.75 Å². The Labute approximate surface area is 136 Å². The van der Waals surface area contributed by atoms with E-state index in [-0.39, 0.29) is 11.7 Å². The molecule has 3 N–H and O–H groups in total. The van der Waals surface area contributed by atoms with E-state index in [2.05, 4.69) is 0 Å². The third kappa shape index (κ3) is 2.83. The lowest BCUT2D eigenvalue weighted by Gasteiger charge is -2.29. The van der Waals surface area contributed by atoms with Crippen LogP contribution in [-0.4, -0.2) is 22.5 Å². The molecular weight excluding hydrogens is 379 g/mol. The van der Waals surface area contributed by atoms with Crippen LogP contribution in [0.4, 0.5) is 5.69 Å². The lowest BCUT2D eigenvalue weighted by atomic mass is 9.98. The molecule has 0 unspecified atom stereocenters. The first kappa shape index (κ1) is 14.2.